The van der Waals surface area contributed by atoms with Crippen LogP contribution in [0.4, 0.5) is 10.1 Å². The van der Waals surface area contributed by atoms with E-state index in [-0.39, 0.29) is 17.3 Å². The molecule has 2 aromatic heterocycles. The molecule has 4 aromatic rings. The molecule has 0 bridgehead atoms. The summed E-state index contributed by atoms with van der Waals surface area (Å²) in [6.07, 6.45) is 1.51. The third-order valence-corrected chi connectivity index (χ3v) is 6.57. The summed E-state index contributed by atoms with van der Waals surface area (Å²) in [5, 5.41) is 7.98. The Bertz CT molecular complexity index is 1300. The van der Waals surface area contributed by atoms with E-state index in [1.54, 1.807) is 53.8 Å². The van der Waals surface area contributed by atoms with Crippen molar-refractivity contribution >= 4 is 21.4 Å². The summed E-state index contributed by atoms with van der Waals surface area (Å²) in [6, 6.07) is 15.7. The quantitative estimate of drug-likeness (QED) is 0.435. The van der Waals surface area contributed by atoms with E-state index in [2.05, 4.69) is 10.2 Å². The number of halogens is 1. The fourth-order valence-electron chi connectivity index (χ4n) is 3.21. The zero-order chi connectivity index (χ0) is 22.0. The lowest BCUT2D eigenvalue weighted by atomic mass is 10.2. The summed E-state index contributed by atoms with van der Waals surface area (Å²) in [5.74, 6) is 0.845. The Kier molecular flexibility index (Phi) is 5.60. The molecule has 0 aliphatic carbocycles. The Morgan fingerprint density at radius 2 is 1.71 bits per heavy atom. The monoisotopic (exact) mass is 440 g/mol. The molecular formula is C22H21FN4O3S. The van der Waals surface area contributed by atoms with Gasteiger partial charge in [0, 0.05) is 6.20 Å². The lowest BCUT2D eigenvalue weighted by Gasteiger charge is -2.25. The van der Waals surface area contributed by atoms with Crippen molar-refractivity contribution in [1.29, 1.82) is 0 Å². The Morgan fingerprint density at radius 1 is 1.00 bits per heavy atom. The average Bonchev–Trinajstić information content (AvgIpc) is 3.14. The number of pyridine rings is 1. The summed E-state index contributed by atoms with van der Waals surface area (Å²) in [6.45, 7) is 4.17. The van der Waals surface area contributed by atoms with E-state index >= 15 is 0 Å². The molecule has 0 amide bonds. The van der Waals surface area contributed by atoms with Crippen molar-refractivity contribution in [2.24, 2.45) is 0 Å². The number of fused-ring (bicyclic) bond motifs is 1. The molecule has 9 heteroatoms. The van der Waals surface area contributed by atoms with Gasteiger partial charge in [0.1, 0.15) is 22.3 Å². The first-order chi connectivity index (χ1) is 14.9. The standard InChI is InChI=1S/C22H21FN4O3S/c1-3-30-20-10-8-19(9-11-20)27(14-17-4-6-18(23)7-5-17)31(28,29)21-12-13-22-25-24-16(2)26(22)15-21/h4-13,15H,3,14H2,1-2H3. The zero-order valence-corrected chi connectivity index (χ0v) is 17.9. The largest absolute Gasteiger partial charge is 0.494 e. The van der Waals surface area contributed by atoms with Gasteiger partial charge in [0.15, 0.2) is 5.65 Å². The van der Waals surface area contributed by atoms with Gasteiger partial charge >= 0.3 is 0 Å². The van der Waals surface area contributed by atoms with Crippen LogP contribution < -0.4 is 9.04 Å². The van der Waals surface area contributed by atoms with Crippen LogP contribution in [0.15, 0.2) is 71.8 Å². The number of aromatic nitrogens is 3. The highest BCUT2D eigenvalue weighted by atomic mass is 32.2. The smallest absolute Gasteiger partial charge is 0.266 e. The van der Waals surface area contributed by atoms with Gasteiger partial charge in [0.2, 0.25) is 0 Å². The summed E-state index contributed by atoms with van der Waals surface area (Å²) in [7, 11) is -3.95. The van der Waals surface area contributed by atoms with E-state index in [9.17, 15) is 12.8 Å². The van der Waals surface area contributed by atoms with E-state index in [0.29, 0.717) is 35.1 Å². The molecule has 4 rings (SSSR count). The first kappa shape index (κ1) is 20.8. The predicted molar refractivity (Wildman–Crippen MR) is 115 cm³/mol. The second kappa shape index (κ2) is 8.35. The molecule has 0 atom stereocenters. The van der Waals surface area contributed by atoms with Crippen LogP contribution in [0.1, 0.15) is 18.3 Å². The van der Waals surface area contributed by atoms with Crippen molar-refractivity contribution in [3.05, 3.63) is 84.1 Å². The van der Waals surface area contributed by atoms with Gasteiger partial charge in [0.05, 0.1) is 18.8 Å². The lowest BCUT2D eigenvalue weighted by Crippen LogP contribution is -2.30. The third kappa shape index (κ3) is 4.22. The van der Waals surface area contributed by atoms with Gasteiger partial charge in [-0.3, -0.25) is 8.71 Å². The van der Waals surface area contributed by atoms with Crippen LogP contribution in [0, 0.1) is 12.7 Å². The molecule has 0 aliphatic heterocycles. The van der Waals surface area contributed by atoms with Crippen LogP contribution in [0.5, 0.6) is 5.75 Å². The highest BCUT2D eigenvalue weighted by Gasteiger charge is 2.26. The highest BCUT2D eigenvalue weighted by Crippen LogP contribution is 2.28. The molecule has 0 saturated heterocycles. The molecule has 160 valence electrons. The molecule has 0 spiro atoms. The molecule has 0 saturated carbocycles. The SMILES string of the molecule is CCOc1ccc(N(Cc2ccc(F)cc2)S(=O)(=O)c2ccc3nnc(C)n3c2)cc1. The summed E-state index contributed by atoms with van der Waals surface area (Å²) >= 11 is 0. The van der Waals surface area contributed by atoms with Gasteiger partial charge in [-0.25, -0.2) is 12.8 Å². The van der Waals surface area contributed by atoms with Gasteiger partial charge in [-0.2, -0.15) is 0 Å². The number of anilines is 1. The molecule has 0 unspecified atom stereocenters. The maximum Gasteiger partial charge on any atom is 0.266 e. The van der Waals surface area contributed by atoms with Crippen molar-refractivity contribution in [2.45, 2.75) is 25.3 Å². The first-order valence-corrected chi connectivity index (χ1v) is 11.1. The predicted octanol–water partition coefficient (Wildman–Crippen LogP) is 3.97. The Labute approximate surface area is 179 Å². The fraction of sp³-hybridized carbons (Fsp3) is 0.182. The van der Waals surface area contributed by atoms with E-state index in [4.69, 9.17) is 4.74 Å². The zero-order valence-electron chi connectivity index (χ0n) is 17.1. The van der Waals surface area contributed by atoms with E-state index in [0.717, 1.165) is 0 Å². The molecular weight excluding hydrogens is 419 g/mol. The summed E-state index contributed by atoms with van der Waals surface area (Å²) in [5.41, 5.74) is 1.68. The molecule has 7 nitrogen and oxygen atoms in total. The second-order valence-electron chi connectivity index (χ2n) is 6.91. The van der Waals surface area contributed by atoms with Crippen LogP contribution >= 0.6 is 0 Å². The maximum atomic E-state index is 13.7. The van der Waals surface area contributed by atoms with Gasteiger partial charge in [-0.15, -0.1) is 10.2 Å². The summed E-state index contributed by atoms with van der Waals surface area (Å²) in [4.78, 5) is 0.0962. The molecule has 0 N–H and O–H groups in total. The third-order valence-electron chi connectivity index (χ3n) is 4.81. The fourth-order valence-corrected chi connectivity index (χ4v) is 4.66. The van der Waals surface area contributed by atoms with Crippen LogP contribution in [-0.4, -0.2) is 29.6 Å². The van der Waals surface area contributed by atoms with Crippen LogP contribution in [0.3, 0.4) is 0 Å². The minimum Gasteiger partial charge on any atom is -0.494 e. The van der Waals surface area contributed by atoms with E-state index in [1.165, 1.54) is 28.7 Å². The van der Waals surface area contributed by atoms with Crippen molar-refractivity contribution in [1.82, 2.24) is 14.6 Å². The van der Waals surface area contributed by atoms with Crippen LogP contribution in [0.2, 0.25) is 0 Å². The van der Waals surface area contributed by atoms with Crippen molar-refractivity contribution in [2.75, 3.05) is 10.9 Å². The highest BCUT2D eigenvalue weighted by molar-refractivity contribution is 7.92. The van der Waals surface area contributed by atoms with E-state index < -0.39 is 10.0 Å². The topological polar surface area (TPSA) is 76.8 Å². The van der Waals surface area contributed by atoms with E-state index in [1.807, 2.05) is 6.92 Å². The van der Waals surface area contributed by atoms with Gasteiger partial charge in [0.25, 0.3) is 10.0 Å². The second-order valence-corrected chi connectivity index (χ2v) is 8.77. The maximum absolute atomic E-state index is 13.7. The summed E-state index contributed by atoms with van der Waals surface area (Å²) < 4.78 is 49.1. The Balaban J connectivity index is 1.78. The van der Waals surface area contributed by atoms with Gasteiger partial charge in [-0.1, -0.05) is 12.1 Å². The number of hydrogen-bond donors (Lipinski definition) is 0. The van der Waals surface area contributed by atoms with Crippen LogP contribution in [0.25, 0.3) is 5.65 Å². The minimum atomic E-state index is -3.95. The number of aryl methyl sites for hydroxylation is 1. The van der Waals surface area contributed by atoms with Crippen molar-refractivity contribution in [3.63, 3.8) is 0 Å². The number of ether oxygens (including phenoxy) is 1. The van der Waals surface area contributed by atoms with Gasteiger partial charge < -0.3 is 4.74 Å². The van der Waals surface area contributed by atoms with Crippen LogP contribution in [-0.2, 0) is 16.6 Å². The number of rotatable bonds is 7. The molecule has 0 fully saturated rings. The van der Waals surface area contributed by atoms with Gasteiger partial charge in [-0.05, 0) is 67.9 Å². The molecule has 31 heavy (non-hydrogen) atoms. The number of sulfonamides is 1. The average molecular weight is 441 g/mol. The number of hydrogen-bond acceptors (Lipinski definition) is 5. The normalized spacial score (nSPS) is 11.6. The Morgan fingerprint density at radius 3 is 2.39 bits per heavy atom. The molecule has 2 aromatic carbocycles. The number of nitrogens with zero attached hydrogens (tertiary/aromatic N) is 4. The van der Waals surface area contributed by atoms with Crippen molar-refractivity contribution in [3.8, 4) is 5.75 Å². The molecule has 2 heterocycles. The number of benzene rings is 2. The molecule has 0 radical (unpaired) electrons. The Hall–Kier alpha value is -3.46. The first-order valence-electron chi connectivity index (χ1n) is 9.70. The minimum absolute atomic E-state index is 0.0375. The molecule has 0 aliphatic rings. The van der Waals surface area contributed by atoms with Crippen molar-refractivity contribution < 1.29 is 17.5 Å². The lowest BCUT2D eigenvalue weighted by molar-refractivity contribution is 0.340.